The molecule has 42 heavy (non-hydrogen) atoms. The molecule has 0 aromatic carbocycles. The second kappa shape index (κ2) is 10.0. The van der Waals surface area contributed by atoms with Gasteiger partial charge in [0, 0.05) is 42.2 Å². The number of aliphatic hydroxyl groups excluding tert-OH is 1. The van der Waals surface area contributed by atoms with Gasteiger partial charge in [0.05, 0.1) is 6.10 Å². The van der Waals surface area contributed by atoms with Gasteiger partial charge >= 0.3 is 6.09 Å². The van der Waals surface area contributed by atoms with Crippen molar-refractivity contribution in [1.82, 2.24) is 10.2 Å². The number of alkyl halides is 2. The number of nitrogens with zero attached hydrogens (tertiary/aromatic N) is 1. The second-order valence-corrected chi connectivity index (χ2v) is 13.2. The van der Waals surface area contributed by atoms with Crippen LogP contribution in [0.2, 0.25) is 0 Å². The third-order valence-electron chi connectivity index (χ3n) is 11.0. The standard InChI is InChI=1S/C30H38F2N2O8/c1-15-9-24(38)34(25(15)39)8-7-33-26(40)42-14-23(37)30(41)16(2)10-18-19-12-21(31)20-11-17(35)5-6-27(20,3)29(19,32)22(36)13-28(18,30)4/h5-6,11,15-16,18-19,21-22,36,41H,7-10,12-14H2,1-4H3,(H,33,40)/t15?,16-,18+,19+,21+,22+,27+,28+,29+,30+/m1/s1. The molecule has 12 heteroatoms. The number of Topliss-reactive ketones (excluding diaryl/α,β-unsaturated/α-hetero) is 1. The first-order valence-electron chi connectivity index (χ1n) is 14.5. The van der Waals surface area contributed by atoms with Crippen molar-refractivity contribution < 1.29 is 47.7 Å². The normalized spacial score (nSPS) is 44.3. The highest BCUT2D eigenvalue weighted by Crippen LogP contribution is 2.71. The van der Waals surface area contributed by atoms with Crippen LogP contribution in [0.1, 0.15) is 53.4 Å². The first-order chi connectivity index (χ1) is 19.5. The van der Waals surface area contributed by atoms with Crippen molar-refractivity contribution >= 4 is 29.5 Å². The van der Waals surface area contributed by atoms with Crippen LogP contribution < -0.4 is 5.32 Å². The number of likely N-dealkylation sites (tertiary alicyclic amines) is 1. The molecule has 5 aliphatic rings. The van der Waals surface area contributed by atoms with E-state index < -0.39 is 82.3 Å². The molecular weight excluding hydrogens is 554 g/mol. The number of allylic oxidation sites excluding steroid dienone is 4. The molecule has 10 atom stereocenters. The Hall–Kier alpha value is -2.99. The van der Waals surface area contributed by atoms with E-state index in [-0.39, 0.29) is 56.2 Å². The summed E-state index contributed by atoms with van der Waals surface area (Å²) in [6.45, 7) is 5.38. The van der Waals surface area contributed by atoms with Crippen LogP contribution in [-0.2, 0) is 23.9 Å². The first-order valence-corrected chi connectivity index (χ1v) is 14.5. The molecule has 1 saturated heterocycles. The maximum absolute atomic E-state index is 17.3. The summed E-state index contributed by atoms with van der Waals surface area (Å²) in [5.74, 6) is -4.83. The molecule has 0 aromatic rings. The lowest BCUT2D eigenvalue weighted by atomic mass is 9.44. The van der Waals surface area contributed by atoms with Gasteiger partial charge in [-0.15, -0.1) is 0 Å². The lowest BCUT2D eigenvalue weighted by Crippen LogP contribution is -2.70. The minimum absolute atomic E-state index is 0.0128. The van der Waals surface area contributed by atoms with E-state index in [2.05, 4.69) is 5.32 Å². The monoisotopic (exact) mass is 592 g/mol. The summed E-state index contributed by atoms with van der Waals surface area (Å²) in [4.78, 5) is 62.8. The van der Waals surface area contributed by atoms with Crippen molar-refractivity contribution in [3.8, 4) is 0 Å². The molecule has 230 valence electrons. The van der Waals surface area contributed by atoms with E-state index in [1.807, 2.05) is 0 Å². The number of rotatable bonds is 6. The summed E-state index contributed by atoms with van der Waals surface area (Å²) in [7, 11) is 0. The van der Waals surface area contributed by atoms with Crippen molar-refractivity contribution in [3.05, 3.63) is 23.8 Å². The molecule has 0 bridgehead atoms. The van der Waals surface area contributed by atoms with Gasteiger partial charge in [-0.2, -0.15) is 0 Å². The minimum atomic E-state index is -2.34. The highest BCUT2D eigenvalue weighted by atomic mass is 19.1. The van der Waals surface area contributed by atoms with Crippen LogP contribution in [-0.4, -0.2) is 87.8 Å². The number of carbonyl (C=O) groups excluding carboxylic acids is 5. The minimum Gasteiger partial charge on any atom is -0.441 e. The number of alkyl carbamates (subject to hydrolysis) is 1. The summed E-state index contributed by atoms with van der Waals surface area (Å²) in [5, 5.41) is 25.7. The van der Waals surface area contributed by atoms with Gasteiger partial charge in [-0.05, 0) is 55.7 Å². The van der Waals surface area contributed by atoms with Gasteiger partial charge in [-0.25, -0.2) is 13.6 Å². The number of hydrogen-bond donors (Lipinski definition) is 3. The molecule has 4 aliphatic carbocycles. The predicted octanol–water partition coefficient (Wildman–Crippen LogP) is 1.97. The maximum atomic E-state index is 17.3. The molecule has 1 aliphatic heterocycles. The SMILES string of the molecule is CC1CC(=O)N(CCNC(=O)OCC(=O)[C@@]2(O)[C@H](C)C[C@H]3[C@@H]4C[C@H](F)C5=CC(=O)C=C[C@]5(C)[C@@]4(F)[C@@H](O)C[C@@]32C)C1=O. The Labute approximate surface area is 242 Å². The fraction of sp³-hybridized carbons (Fsp3) is 0.700. The number of carbonyl (C=O) groups is 5. The fourth-order valence-electron chi connectivity index (χ4n) is 8.78. The summed E-state index contributed by atoms with van der Waals surface area (Å²) < 4.78 is 37.9. The van der Waals surface area contributed by atoms with E-state index in [9.17, 15) is 34.2 Å². The van der Waals surface area contributed by atoms with Gasteiger partial charge < -0.3 is 20.3 Å². The van der Waals surface area contributed by atoms with Gasteiger partial charge in [0.15, 0.2) is 18.1 Å². The lowest BCUT2D eigenvalue weighted by molar-refractivity contribution is -0.223. The van der Waals surface area contributed by atoms with Crippen molar-refractivity contribution in [1.29, 1.82) is 0 Å². The average Bonchev–Trinajstić information content (AvgIpc) is 3.29. The molecule has 10 nitrogen and oxygen atoms in total. The predicted molar refractivity (Wildman–Crippen MR) is 143 cm³/mol. The number of hydrogen-bond acceptors (Lipinski definition) is 8. The Morgan fingerprint density at radius 1 is 1.17 bits per heavy atom. The molecule has 3 amide bonds. The summed E-state index contributed by atoms with van der Waals surface area (Å²) in [6.07, 6.45) is -1.05. The Bertz CT molecular complexity index is 1300. The Morgan fingerprint density at radius 2 is 1.86 bits per heavy atom. The summed E-state index contributed by atoms with van der Waals surface area (Å²) in [6, 6.07) is 0. The molecule has 3 saturated carbocycles. The van der Waals surface area contributed by atoms with E-state index in [1.54, 1.807) is 20.8 Å². The van der Waals surface area contributed by atoms with E-state index in [1.165, 1.54) is 19.1 Å². The first kappa shape index (κ1) is 30.5. The number of amides is 3. The maximum Gasteiger partial charge on any atom is 0.407 e. The van der Waals surface area contributed by atoms with Crippen LogP contribution in [0.5, 0.6) is 0 Å². The molecule has 3 N–H and O–H groups in total. The second-order valence-electron chi connectivity index (χ2n) is 13.2. The third kappa shape index (κ3) is 4.04. The fourth-order valence-corrected chi connectivity index (χ4v) is 8.78. The highest BCUT2D eigenvalue weighted by molar-refractivity contribution is 6.03. The molecule has 0 aromatic heterocycles. The Balaban J connectivity index is 1.30. The molecule has 1 heterocycles. The molecule has 0 radical (unpaired) electrons. The quantitative estimate of drug-likeness (QED) is 0.397. The van der Waals surface area contributed by atoms with E-state index in [4.69, 9.17) is 4.74 Å². The van der Waals surface area contributed by atoms with E-state index >= 15 is 8.78 Å². The molecular formula is C30H38F2N2O8. The summed E-state index contributed by atoms with van der Waals surface area (Å²) >= 11 is 0. The molecule has 1 unspecified atom stereocenters. The van der Waals surface area contributed by atoms with E-state index in [0.717, 1.165) is 11.0 Å². The number of halogens is 2. The Kier molecular flexibility index (Phi) is 7.28. The number of ketones is 2. The molecule has 4 fully saturated rings. The number of imide groups is 1. The van der Waals surface area contributed by atoms with Crippen LogP contribution in [0.4, 0.5) is 13.6 Å². The van der Waals surface area contributed by atoms with Crippen molar-refractivity contribution in [2.45, 2.75) is 76.9 Å². The van der Waals surface area contributed by atoms with Crippen molar-refractivity contribution in [2.24, 2.45) is 34.5 Å². The third-order valence-corrected chi connectivity index (χ3v) is 11.0. The zero-order valence-electron chi connectivity index (χ0n) is 24.2. The van der Waals surface area contributed by atoms with Crippen LogP contribution in [0.25, 0.3) is 0 Å². The number of nitrogens with one attached hydrogen (secondary N) is 1. The van der Waals surface area contributed by atoms with Crippen LogP contribution in [0.3, 0.4) is 0 Å². The Morgan fingerprint density at radius 3 is 2.50 bits per heavy atom. The number of fused-ring (bicyclic) bond motifs is 5. The lowest BCUT2D eigenvalue weighted by Gasteiger charge is -2.63. The zero-order chi connectivity index (χ0) is 31.0. The zero-order valence-corrected chi connectivity index (χ0v) is 24.2. The largest absolute Gasteiger partial charge is 0.441 e. The van der Waals surface area contributed by atoms with Gasteiger partial charge in [-0.1, -0.05) is 26.8 Å². The van der Waals surface area contributed by atoms with Crippen LogP contribution >= 0.6 is 0 Å². The van der Waals surface area contributed by atoms with Crippen LogP contribution in [0, 0.1) is 34.5 Å². The molecule has 0 spiro atoms. The van der Waals surface area contributed by atoms with Gasteiger partial charge in [0.25, 0.3) is 0 Å². The van der Waals surface area contributed by atoms with Gasteiger partial charge in [0.1, 0.15) is 11.8 Å². The topological polar surface area (TPSA) is 150 Å². The summed E-state index contributed by atoms with van der Waals surface area (Å²) in [5.41, 5.74) is -7.40. The highest BCUT2D eigenvalue weighted by Gasteiger charge is 2.76. The van der Waals surface area contributed by atoms with Crippen molar-refractivity contribution in [3.63, 3.8) is 0 Å². The average molecular weight is 593 g/mol. The van der Waals surface area contributed by atoms with E-state index in [0.29, 0.717) is 0 Å². The van der Waals surface area contributed by atoms with Gasteiger partial charge in [-0.3, -0.25) is 24.1 Å². The van der Waals surface area contributed by atoms with Gasteiger partial charge in [0.2, 0.25) is 17.6 Å². The number of aliphatic hydroxyl groups is 2. The smallest absolute Gasteiger partial charge is 0.407 e. The number of ether oxygens (including phenoxy) is 1. The van der Waals surface area contributed by atoms with Crippen LogP contribution in [0.15, 0.2) is 23.8 Å². The van der Waals surface area contributed by atoms with Crippen molar-refractivity contribution in [2.75, 3.05) is 19.7 Å². The molecule has 5 rings (SSSR count).